The van der Waals surface area contributed by atoms with Crippen LogP contribution in [0.4, 0.5) is 5.69 Å². The first-order chi connectivity index (χ1) is 7.16. The molecule has 0 aliphatic carbocycles. The molecule has 1 aromatic carbocycles. The molecule has 0 unspecified atom stereocenters. The average molecular weight is 220 g/mol. The summed E-state index contributed by atoms with van der Waals surface area (Å²) in [7, 11) is 0. The number of benzene rings is 1. The Labute approximate surface area is 94.1 Å². The molecule has 2 rings (SSSR count). The van der Waals surface area contributed by atoms with E-state index < -0.39 is 0 Å². The number of amides is 1. The van der Waals surface area contributed by atoms with Gasteiger partial charge in [-0.2, -0.15) is 0 Å². The Morgan fingerprint density at radius 2 is 2.00 bits per heavy atom. The molecular formula is C11H12N2OS. The summed E-state index contributed by atoms with van der Waals surface area (Å²) in [6.45, 7) is 2.70. The monoisotopic (exact) mass is 220 g/mol. The topological polar surface area (TPSA) is 32.3 Å². The van der Waals surface area contributed by atoms with Crippen LogP contribution in [0.1, 0.15) is 12.0 Å². The molecule has 3 nitrogen and oxygen atoms in total. The van der Waals surface area contributed by atoms with Crippen molar-refractivity contribution in [2.45, 2.75) is 13.3 Å². The molecule has 0 bridgehead atoms. The predicted octanol–water partition coefficient (Wildman–Crippen LogP) is 1.61. The number of anilines is 1. The van der Waals surface area contributed by atoms with Crippen molar-refractivity contribution in [1.82, 2.24) is 5.32 Å². The Hall–Kier alpha value is -1.42. The molecule has 1 aliphatic heterocycles. The third-order valence-electron chi connectivity index (χ3n) is 2.40. The maximum absolute atomic E-state index is 11.1. The molecule has 1 amide bonds. The zero-order valence-electron chi connectivity index (χ0n) is 8.49. The Bertz CT molecular complexity index is 400. The van der Waals surface area contributed by atoms with E-state index in [1.807, 2.05) is 36.1 Å². The van der Waals surface area contributed by atoms with E-state index in [1.165, 1.54) is 5.56 Å². The van der Waals surface area contributed by atoms with Gasteiger partial charge in [0.25, 0.3) is 0 Å². The van der Waals surface area contributed by atoms with Gasteiger partial charge in [0.2, 0.25) is 5.91 Å². The summed E-state index contributed by atoms with van der Waals surface area (Å²) in [6.07, 6.45) is 0.494. The van der Waals surface area contributed by atoms with Crippen LogP contribution < -0.4 is 10.2 Å². The largest absolute Gasteiger partial charge is 0.318 e. The number of hydrogen-bond donors (Lipinski definition) is 1. The summed E-state index contributed by atoms with van der Waals surface area (Å²) in [4.78, 5) is 13.0. The van der Waals surface area contributed by atoms with E-state index >= 15 is 0 Å². The van der Waals surface area contributed by atoms with Crippen LogP contribution in [0, 0.1) is 6.92 Å². The minimum atomic E-state index is 0.00311. The molecule has 1 heterocycles. The van der Waals surface area contributed by atoms with Gasteiger partial charge in [-0.1, -0.05) is 17.7 Å². The Balaban J connectivity index is 2.20. The van der Waals surface area contributed by atoms with Gasteiger partial charge in [-0.25, -0.2) is 0 Å². The summed E-state index contributed by atoms with van der Waals surface area (Å²) in [5.41, 5.74) is 2.25. The lowest BCUT2D eigenvalue weighted by molar-refractivity contribution is -0.119. The van der Waals surface area contributed by atoms with Crippen molar-refractivity contribution in [3.63, 3.8) is 0 Å². The highest BCUT2D eigenvalue weighted by Gasteiger charge is 2.20. The van der Waals surface area contributed by atoms with E-state index in [1.54, 1.807) is 0 Å². The van der Waals surface area contributed by atoms with E-state index in [4.69, 9.17) is 12.2 Å². The van der Waals surface area contributed by atoms with Crippen LogP contribution in [0.15, 0.2) is 24.3 Å². The van der Waals surface area contributed by atoms with Gasteiger partial charge < -0.3 is 10.2 Å². The molecule has 1 fully saturated rings. The van der Waals surface area contributed by atoms with E-state index in [2.05, 4.69) is 5.32 Å². The van der Waals surface area contributed by atoms with E-state index in [0.29, 0.717) is 18.1 Å². The fourth-order valence-electron chi connectivity index (χ4n) is 1.54. The Morgan fingerprint density at radius 1 is 1.33 bits per heavy atom. The number of nitrogens with zero attached hydrogens (tertiary/aromatic N) is 1. The molecule has 4 heteroatoms. The number of carbonyl (C=O) groups is 1. The molecule has 0 saturated carbocycles. The summed E-state index contributed by atoms with van der Waals surface area (Å²) >= 11 is 5.11. The molecule has 0 radical (unpaired) electrons. The maximum Gasteiger partial charge on any atom is 0.227 e. The van der Waals surface area contributed by atoms with Gasteiger partial charge in [0.15, 0.2) is 5.11 Å². The van der Waals surface area contributed by atoms with Gasteiger partial charge in [0.1, 0.15) is 0 Å². The van der Waals surface area contributed by atoms with Crippen molar-refractivity contribution >= 4 is 28.9 Å². The second-order valence-corrected chi connectivity index (χ2v) is 3.98. The number of rotatable bonds is 1. The third-order valence-corrected chi connectivity index (χ3v) is 2.72. The second kappa shape index (κ2) is 3.98. The fraction of sp³-hybridized carbons (Fsp3) is 0.273. The van der Waals surface area contributed by atoms with Gasteiger partial charge in [-0.15, -0.1) is 0 Å². The molecule has 15 heavy (non-hydrogen) atoms. The third kappa shape index (κ3) is 2.15. The van der Waals surface area contributed by atoms with Crippen molar-refractivity contribution in [3.05, 3.63) is 29.8 Å². The lowest BCUT2D eigenvalue weighted by Crippen LogP contribution is -2.49. The van der Waals surface area contributed by atoms with Crippen molar-refractivity contribution < 1.29 is 4.79 Å². The standard InChI is InChI=1S/C11H12N2OS/c1-8-2-4-9(5-3-8)13-7-6-10(14)12-11(13)15/h2-5H,6-7H2,1H3,(H,12,14,15). The quantitative estimate of drug-likeness (QED) is 0.730. The molecule has 0 atom stereocenters. The van der Waals surface area contributed by atoms with Crippen LogP contribution in [0.25, 0.3) is 0 Å². The zero-order chi connectivity index (χ0) is 10.8. The number of thiocarbonyl (C=S) groups is 1. The van der Waals surface area contributed by atoms with Crippen LogP contribution in [0.3, 0.4) is 0 Å². The smallest absolute Gasteiger partial charge is 0.227 e. The van der Waals surface area contributed by atoms with E-state index in [0.717, 1.165) is 5.69 Å². The maximum atomic E-state index is 11.1. The molecule has 1 aromatic rings. The van der Waals surface area contributed by atoms with Crippen molar-refractivity contribution in [3.8, 4) is 0 Å². The van der Waals surface area contributed by atoms with Crippen LogP contribution in [0.2, 0.25) is 0 Å². The second-order valence-electron chi connectivity index (χ2n) is 3.59. The van der Waals surface area contributed by atoms with Crippen LogP contribution in [0.5, 0.6) is 0 Å². The van der Waals surface area contributed by atoms with Crippen LogP contribution in [-0.4, -0.2) is 17.6 Å². The minimum Gasteiger partial charge on any atom is -0.318 e. The number of aryl methyl sites for hydroxylation is 1. The highest BCUT2D eigenvalue weighted by Crippen LogP contribution is 2.17. The van der Waals surface area contributed by atoms with Gasteiger partial charge in [0.05, 0.1) is 0 Å². The summed E-state index contributed by atoms with van der Waals surface area (Å²) in [5.74, 6) is 0.00311. The van der Waals surface area contributed by atoms with Gasteiger partial charge >= 0.3 is 0 Å². The van der Waals surface area contributed by atoms with Crippen molar-refractivity contribution in [1.29, 1.82) is 0 Å². The lowest BCUT2D eigenvalue weighted by atomic mass is 10.2. The molecule has 0 spiro atoms. The van der Waals surface area contributed by atoms with Gasteiger partial charge in [-0.3, -0.25) is 4.79 Å². The predicted molar refractivity (Wildman–Crippen MR) is 63.9 cm³/mol. The van der Waals surface area contributed by atoms with Crippen LogP contribution in [-0.2, 0) is 4.79 Å². The highest BCUT2D eigenvalue weighted by atomic mass is 32.1. The van der Waals surface area contributed by atoms with Crippen molar-refractivity contribution in [2.24, 2.45) is 0 Å². The minimum absolute atomic E-state index is 0.00311. The lowest BCUT2D eigenvalue weighted by Gasteiger charge is -2.29. The molecule has 1 N–H and O–H groups in total. The number of hydrogen-bond acceptors (Lipinski definition) is 2. The normalized spacial score (nSPS) is 16.5. The SMILES string of the molecule is Cc1ccc(N2CCC(=O)NC2=S)cc1. The zero-order valence-corrected chi connectivity index (χ0v) is 9.30. The molecule has 0 aromatic heterocycles. The van der Waals surface area contributed by atoms with E-state index in [9.17, 15) is 4.79 Å². The molecular weight excluding hydrogens is 208 g/mol. The fourth-order valence-corrected chi connectivity index (χ4v) is 1.85. The number of carbonyl (C=O) groups excluding carboxylic acids is 1. The first-order valence-electron chi connectivity index (χ1n) is 4.85. The van der Waals surface area contributed by atoms with Crippen LogP contribution >= 0.6 is 12.2 Å². The first-order valence-corrected chi connectivity index (χ1v) is 5.25. The summed E-state index contributed by atoms with van der Waals surface area (Å²) < 4.78 is 0. The van der Waals surface area contributed by atoms with Gasteiger partial charge in [-0.05, 0) is 31.3 Å². The van der Waals surface area contributed by atoms with E-state index in [-0.39, 0.29) is 5.91 Å². The first kappa shape index (κ1) is 10.1. The highest BCUT2D eigenvalue weighted by molar-refractivity contribution is 7.80. The Kier molecular flexibility index (Phi) is 2.68. The number of nitrogens with one attached hydrogen (secondary N) is 1. The molecule has 78 valence electrons. The summed E-state index contributed by atoms with van der Waals surface area (Å²) in [6, 6.07) is 8.10. The Morgan fingerprint density at radius 3 is 2.60 bits per heavy atom. The van der Waals surface area contributed by atoms with Crippen molar-refractivity contribution in [2.75, 3.05) is 11.4 Å². The average Bonchev–Trinajstić information content (AvgIpc) is 2.20. The molecule has 1 aliphatic rings. The van der Waals surface area contributed by atoms with Gasteiger partial charge in [0, 0.05) is 18.7 Å². The summed E-state index contributed by atoms with van der Waals surface area (Å²) in [5, 5.41) is 3.16. The molecule has 1 saturated heterocycles.